The van der Waals surface area contributed by atoms with Crippen LogP contribution in [-0.2, 0) is 24.2 Å². The highest BCUT2D eigenvalue weighted by atomic mass is 32.3. The van der Waals surface area contributed by atoms with Gasteiger partial charge >= 0.3 is 11.8 Å². The van der Waals surface area contributed by atoms with Crippen LogP contribution in [0.5, 0.6) is 0 Å². The molecule has 0 bridgehead atoms. The highest BCUT2D eigenvalue weighted by Crippen LogP contribution is 2.20. The normalized spacial score (nSPS) is 11.8. The minimum atomic E-state index is -4.41. The van der Waals surface area contributed by atoms with Gasteiger partial charge in [0.15, 0.2) is 0 Å². The fourth-order valence-electron chi connectivity index (χ4n) is 6.09. The quantitative estimate of drug-likeness (QED) is 0.0325. The molecule has 0 saturated carbocycles. The molecule has 0 spiro atoms. The van der Waals surface area contributed by atoms with Crippen molar-refractivity contribution in [1.29, 1.82) is 0 Å². The lowest BCUT2D eigenvalue weighted by Gasteiger charge is -2.32. The van der Waals surface area contributed by atoms with E-state index in [1.54, 1.807) is 0 Å². The standard InChI is InChI=1S/C36H72NO3.CH4O4S/c1-4-7-9-11-13-15-17-19-21-23-25-27-29-31-35(39)37(6-3,33-34-38)36(40)32-30-28-26-24-22-20-18-16-14-12-10-8-5-2;1-5-6(2,3)4/h38H,4-34H2,1-3H3;1H3,(H,2,3,4)/q+1;/p-1. The van der Waals surface area contributed by atoms with E-state index in [2.05, 4.69) is 18.0 Å². The maximum Gasteiger partial charge on any atom is 0.321 e. The number of hydrogen-bond acceptors (Lipinski definition) is 7. The Labute approximate surface area is 285 Å². The van der Waals surface area contributed by atoms with E-state index in [1.165, 1.54) is 141 Å². The molecule has 8 nitrogen and oxygen atoms in total. The largest absolute Gasteiger partial charge is 0.726 e. The Bertz CT molecular complexity index is 747. The van der Waals surface area contributed by atoms with Crippen molar-refractivity contribution < 1.29 is 36.3 Å². The smallest absolute Gasteiger partial charge is 0.321 e. The predicted octanol–water partition coefficient (Wildman–Crippen LogP) is 9.92. The van der Waals surface area contributed by atoms with Gasteiger partial charge in [0.1, 0.15) is 6.54 Å². The van der Waals surface area contributed by atoms with E-state index in [0.29, 0.717) is 19.4 Å². The van der Waals surface area contributed by atoms with Gasteiger partial charge in [0.05, 0.1) is 33.1 Å². The number of likely N-dealkylation sites (N-methyl/N-ethyl adjacent to an activating group) is 1. The minimum absolute atomic E-state index is 0.0271. The lowest BCUT2D eigenvalue weighted by Crippen LogP contribution is -2.58. The molecule has 9 heteroatoms. The van der Waals surface area contributed by atoms with Crippen LogP contribution in [0.3, 0.4) is 0 Å². The van der Waals surface area contributed by atoms with Crippen molar-refractivity contribution in [2.24, 2.45) is 0 Å². The lowest BCUT2D eigenvalue weighted by molar-refractivity contribution is -0.778. The van der Waals surface area contributed by atoms with Crippen LogP contribution in [0.1, 0.15) is 201 Å². The molecular formula is C37H75NO7S. The Balaban J connectivity index is 0. The third-order valence-corrected chi connectivity index (χ3v) is 9.58. The molecule has 1 N–H and O–H groups in total. The summed E-state index contributed by atoms with van der Waals surface area (Å²) in [4.78, 5) is 26.4. The molecular weight excluding hydrogens is 602 g/mol. The van der Waals surface area contributed by atoms with E-state index < -0.39 is 10.4 Å². The Morgan fingerprint density at radius 2 is 0.783 bits per heavy atom. The van der Waals surface area contributed by atoms with Crippen LogP contribution in [0.2, 0.25) is 0 Å². The maximum atomic E-state index is 13.2. The van der Waals surface area contributed by atoms with Crippen molar-refractivity contribution in [3.63, 3.8) is 0 Å². The molecule has 0 saturated heterocycles. The molecule has 0 aliphatic carbocycles. The van der Waals surface area contributed by atoms with Crippen LogP contribution in [-0.4, -0.2) is 61.2 Å². The average molecular weight is 678 g/mol. The number of aliphatic hydroxyl groups is 1. The third kappa shape index (κ3) is 29.3. The fourth-order valence-corrected chi connectivity index (χ4v) is 6.09. The zero-order valence-electron chi connectivity index (χ0n) is 30.7. The van der Waals surface area contributed by atoms with Crippen molar-refractivity contribution in [2.45, 2.75) is 201 Å². The molecule has 0 aliphatic rings. The summed E-state index contributed by atoms with van der Waals surface area (Å²) < 4.78 is 30.9. The Hall–Kier alpha value is -0.870. The second-order valence-electron chi connectivity index (χ2n) is 13.1. The molecule has 0 aromatic heterocycles. The van der Waals surface area contributed by atoms with Crippen molar-refractivity contribution in [1.82, 2.24) is 0 Å². The molecule has 0 aromatic rings. The monoisotopic (exact) mass is 678 g/mol. The first kappa shape index (κ1) is 47.2. The van der Waals surface area contributed by atoms with Crippen molar-refractivity contribution in [2.75, 3.05) is 26.8 Å². The Morgan fingerprint density at radius 3 is 0.978 bits per heavy atom. The van der Waals surface area contributed by atoms with Gasteiger partial charge in [-0.05, 0) is 19.8 Å². The molecule has 0 aliphatic heterocycles. The van der Waals surface area contributed by atoms with Crippen LogP contribution in [0, 0.1) is 0 Å². The summed E-state index contributed by atoms with van der Waals surface area (Å²) in [5, 5.41) is 9.68. The lowest BCUT2D eigenvalue weighted by atomic mass is 10.0. The van der Waals surface area contributed by atoms with Crippen LogP contribution in [0.15, 0.2) is 0 Å². The first-order valence-electron chi connectivity index (χ1n) is 19.2. The third-order valence-electron chi connectivity index (χ3n) is 9.17. The number of amides is 2. The van der Waals surface area contributed by atoms with E-state index in [4.69, 9.17) is 0 Å². The summed E-state index contributed by atoms with van der Waals surface area (Å²) in [5.74, 6) is 0.0543. The summed E-state index contributed by atoms with van der Waals surface area (Å²) in [6.07, 6.45) is 34.3. The van der Waals surface area contributed by atoms with Gasteiger partial charge in [0, 0.05) is 0 Å². The molecule has 0 aromatic carbocycles. The van der Waals surface area contributed by atoms with Gasteiger partial charge in [-0.2, -0.15) is 4.48 Å². The first-order valence-corrected chi connectivity index (χ1v) is 20.5. The number of carbonyl (C=O) groups excluding carboxylic acids is 2. The molecule has 0 fully saturated rings. The number of carbonyl (C=O) groups is 2. The summed E-state index contributed by atoms with van der Waals surface area (Å²) in [5.41, 5.74) is 0. The number of nitrogens with zero attached hydrogens (tertiary/aromatic N) is 1. The van der Waals surface area contributed by atoms with Crippen LogP contribution in [0.25, 0.3) is 0 Å². The Kier molecular flexibility index (Phi) is 34.9. The SMILES string of the molecule is CCCCCCCCCCCCCCCC(=O)[N+](CC)(CCO)C(=O)CCCCCCCCCCCCCCC.COS(=O)(=O)[O-]. The maximum absolute atomic E-state index is 13.2. The van der Waals surface area contributed by atoms with E-state index in [-0.39, 0.29) is 29.4 Å². The van der Waals surface area contributed by atoms with E-state index in [0.717, 1.165) is 32.8 Å². The summed E-state index contributed by atoms with van der Waals surface area (Å²) in [6.45, 7) is 7.07. The second kappa shape index (κ2) is 34.0. The molecule has 0 atom stereocenters. The second-order valence-corrected chi connectivity index (χ2v) is 14.2. The van der Waals surface area contributed by atoms with E-state index in [1.807, 2.05) is 6.92 Å². The molecule has 46 heavy (non-hydrogen) atoms. The molecule has 0 rings (SSSR count). The Morgan fingerprint density at radius 1 is 0.543 bits per heavy atom. The van der Waals surface area contributed by atoms with Crippen molar-refractivity contribution in [3.8, 4) is 0 Å². The highest BCUT2D eigenvalue weighted by Gasteiger charge is 2.41. The van der Waals surface area contributed by atoms with Gasteiger partial charge < -0.3 is 9.66 Å². The van der Waals surface area contributed by atoms with Gasteiger partial charge in [0.25, 0.3) is 0 Å². The fraction of sp³-hybridized carbons (Fsp3) is 0.946. The van der Waals surface area contributed by atoms with Gasteiger partial charge in [-0.1, -0.05) is 168 Å². The molecule has 0 heterocycles. The predicted molar refractivity (Wildman–Crippen MR) is 190 cm³/mol. The van der Waals surface area contributed by atoms with Crippen LogP contribution >= 0.6 is 0 Å². The number of aliphatic hydroxyl groups excluding tert-OH is 1. The number of unbranched alkanes of at least 4 members (excludes halogenated alkanes) is 24. The average Bonchev–Trinajstić information content (AvgIpc) is 3.04. The molecule has 0 radical (unpaired) electrons. The van der Waals surface area contributed by atoms with Crippen molar-refractivity contribution >= 4 is 22.2 Å². The molecule has 276 valence electrons. The van der Waals surface area contributed by atoms with Crippen LogP contribution in [0.4, 0.5) is 0 Å². The highest BCUT2D eigenvalue weighted by molar-refractivity contribution is 7.80. The van der Waals surface area contributed by atoms with E-state index in [9.17, 15) is 27.7 Å². The molecule has 2 amide bonds. The zero-order valence-corrected chi connectivity index (χ0v) is 31.5. The number of hydrogen-bond donors (Lipinski definition) is 1. The summed E-state index contributed by atoms with van der Waals surface area (Å²) >= 11 is 0. The van der Waals surface area contributed by atoms with Crippen LogP contribution < -0.4 is 0 Å². The van der Waals surface area contributed by atoms with Gasteiger partial charge in [-0.3, -0.25) is 4.18 Å². The van der Waals surface area contributed by atoms with Crippen molar-refractivity contribution in [3.05, 3.63) is 0 Å². The van der Waals surface area contributed by atoms with Gasteiger partial charge in [-0.15, -0.1) is 0 Å². The van der Waals surface area contributed by atoms with Gasteiger partial charge in [0.2, 0.25) is 10.4 Å². The number of rotatable bonds is 32. The minimum Gasteiger partial charge on any atom is -0.726 e. The molecule has 0 unspecified atom stereocenters. The zero-order chi connectivity index (χ0) is 34.8. The van der Waals surface area contributed by atoms with Gasteiger partial charge in [-0.25, -0.2) is 18.0 Å². The summed E-state index contributed by atoms with van der Waals surface area (Å²) in [7, 11) is -3.60. The summed E-state index contributed by atoms with van der Waals surface area (Å²) in [6, 6.07) is 0. The number of imide groups is 1. The number of quaternary nitrogens is 1. The topological polar surface area (TPSA) is 121 Å². The first-order chi connectivity index (χ1) is 22.1. The van der Waals surface area contributed by atoms with E-state index >= 15 is 0 Å².